The number of fused-ring (bicyclic) bond motifs is 2. The van der Waals surface area contributed by atoms with E-state index in [1.54, 1.807) is 7.11 Å². The summed E-state index contributed by atoms with van der Waals surface area (Å²) in [6, 6.07) is 3.04. The van der Waals surface area contributed by atoms with Gasteiger partial charge in [0.15, 0.2) is 22.7 Å². The van der Waals surface area contributed by atoms with Crippen LogP contribution in [0, 0.1) is 11.6 Å². The number of aromatic hydroxyl groups is 1. The van der Waals surface area contributed by atoms with Gasteiger partial charge in [0.25, 0.3) is 5.91 Å². The van der Waals surface area contributed by atoms with E-state index in [9.17, 15) is 23.5 Å². The van der Waals surface area contributed by atoms with Gasteiger partial charge >= 0.3 is 0 Å². The Labute approximate surface area is 196 Å². The summed E-state index contributed by atoms with van der Waals surface area (Å²) in [6.07, 6.45) is 1.54. The fourth-order valence-electron chi connectivity index (χ4n) is 4.31. The van der Waals surface area contributed by atoms with E-state index < -0.39 is 34.9 Å². The molecule has 0 bridgehead atoms. The molecule has 3 aromatic rings. The number of amides is 1. The monoisotopic (exact) mass is 490 g/mol. The van der Waals surface area contributed by atoms with Gasteiger partial charge in [-0.3, -0.25) is 9.59 Å². The zero-order chi connectivity index (χ0) is 24.0. The van der Waals surface area contributed by atoms with Gasteiger partial charge in [0.2, 0.25) is 5.43 Å². The molecular weight excluding hydrogens is 470 g/mol. The fourth-order valence-corrected chi connectivity index (χ4v) is 5.18. The predicted molar refractivity (Wildman–Crippen MR) is 117 cm³/mol. The van der Waals surface area contributed by atoms with E-state index >= 15 is 0 Å². The lowest BCUT2D eigenvalue weighted by atomic mass is 10.1. The minimum absolute atomic E-state index is 0.0618. The number of halogens is 2. The van der Waals surface area contributed by atoms with Crippen molar-refractivity contribution >= 4 is 17.2 Å². The molecule has 12 heteroatoms. The molecule has 1 fully saturated rings. The number of aromatic nitrogens is 3. The topological polar surface area (TPSA) is 107 Å². The molecule has 1 saturated heterocycles. The second-order valence-corrected chi connectivity index (χ2v) is 9.13. The van der Waals surface area contributed by atoms with Crippen LogP contribution in [0.5, 0.6) is 5.75 Å². The first kappa shape index (κ1) is 22.6. The highest BCUT2D eigenvalue weighted by molar-refractivity contribution is 7.14. The van der Waals surface area contributed by atoms with E-state index in [0.717, 1.165) is 23.5 Å². The summed E-state index contributed by atoms with van der Waals surface area (Å²) in [5.41, 5.74) is -0.570. The van der Waals surface area contributed by atoms with E-state index in [-0.39, 0.29) is 40.8 Å². The Morgan fingerprint density at radius 3 is 2.88 bits per heavy atom. The molecule has 0 radical (unpaired) electrons. The molecule has 1 N–H and O–H groups in total. The Bertz CT molecular complexity index is 1330. The number of rotatable bonds is 5. The molecule has 1 aromatic carbocycles. The molecule has 34 heavy (non-hydrogen) atoms. The molecular formula is C22H20F2N4O5S. The summed E-state index contributed by atoms with van der Waals surface area (Å²) >= 11 is 1.05. The summed E-state index contributed by atoms with van der Waals surface area (Å²) in [5, 5.41) is 19.3. The Kier molecular flexibility index (Phi) is 5.88. The van der Waals surface area contributed by atoms with Crippen molar-refractivity contribution < 1.29 is 28.2 Å². The highest BCUT2D eigenvalue weighted by Crippen LogP contribution is 2.32. The minimum atomic E-state index is -0.755. The van der Waals surface area contributed by atoms with Crippen molar-refractivity contribution in [3.8, 4) is 16.3 Å². The van der Waals surface area contributed by atoms with Crippen molar-refractivity contribution in [1.29, 1.82) is 0 Å². The summed E-state index contributed by atoms with van der Waals surface area (Å²) in [6.45, 7) is 0.988. The SMILES string of the molecule is COC[C@@H]1CCO[C@H]2Cn3cc(-c4nnc(Cc5ccc(F)cc5F)s4)c(=O)c(O)c3C(=O)N12. The van der Waals surface area contributed by atoms with E-state index in [1.807, 2.05) is 0 Å². The molecule has 2 atom stereocenters. The van der Waals surface area contributed by atoms with E-state index in [0.29, 0.717) is 24.6 Å². The number of benzene rings is 1. The number of carbonyl (C=O) groups is 1. The van der Waals surface area contributed by atoms with Crippen LogP contribution in [0.2, 0.25) is 0 Å². The van der Waals surface area contributed by atoms with Gasteiger partial charge < -0.3 is 24.0 Å². The lowest BCUT2D eigenvalue weighted by Crippen LogP contribution is -2.58. The number of hydrogen-bond acceptors (Lipinski definition) is 8. The molecule has 4 heterocycles. The second kappa shape index (κ2) is 8.85. The normalized spacial score (nSPS) is 19.7. The average molecular weight is 490 g/mol. The quantitative estimate of drug-likeness (QED) is 0.584. The van der Waals surface area contributed by atoms with Gasteiger partial charge in [0.1, 0.15) is 16.6 Å². The maximum Gasteiger partial charge on any atom is 0.276 e. The Morgan fingerprint density at radius 2 is 2.12 bits per heavy atom. The standard InChI is InChI=1S/C22H20F2N4O5S/c1-32-10-13-4-5-33-17-9-27-8-14(19(29)20(30)18(27)22(31)28(13)17)21-26-25-16(34-21)6-11-2-3-12(23)7-15(11)24/h2-3,7-8,13,17,30H,4-6,9-10H2,1H3/t13-,17-/m0/s1. The van der Waals surface area contributed by atoms with E-state index in [2.05, 4.69) is 10.2 Å². The van der Waals surface area contributed by atoms with Crippen LogP contribution in [0.1, 0.15) is 27.5 Å². The third kappa shape index (κ3) is 3.87. The number of ether oxygens (including phenoxy) is 2. The number of nitrogens with zero attached hydrogens (tertiary/aromatic N) is 4. The van der Waals surface area contributed by atoms with Crippen LogP contribution in [0.15, 0.2) is 29.2 Å². The Hall–Kier alpha value is -3.22. The number of carbonyl (C=O) groups excluding carboxylic acids is 1. The van der Waals surface area contributed by atoms with Crippen molar-refractivity contribution in [3.63, 3.8) is 0 Å². The van der Waals surface area contributed by atoms with Gasteiger partial charge in [-0.2, -0.15) is 0 Å². The third-order valence-corrected chi connectivity index (χ3v) is 6.88. The molecule has 0 aliphatic carbocycles. The lowest BCUT2D eigenvalue weighted by Gasteiger charge is -2.45. The lowest BCUT2D eigenvalue weighted by molar-refractivity contribution is -0.125. The van der Waals surface area contributed by atoms with Crippen molar-refractivity contribution in [1.82, 2.24) is 19.7 Å². The van der Waals surface area contributed by atoms with Gasteiger partial charge in [0, 0.05) is 25.8 Å². The van der Waals surface area contributed by atoms with Gasteiger partial charge in [0.05, 0.1) is 31.4 Å². The van der Waals surface area contributed by atoms with Gasteiger partial charge in [-0.25, -0.2) is 8.78 Å². The first-order valence-electron chi connectivity index (χ1n) is 10.5. The molecule has 9 nitrogen and oxygen atoms in total. The minimum Gasteiger partial charge on any atom is -0.503 e. The first-order chi connectivity index (χ1) is 16.4. The number of hydrogen-bond donors (Lipinski definition) is 1. The average Bonchev–Trinajstić information content (AvgIpc) is 3.26. The first-order valence-corrected chi connectivity index (χ1v) is 11.3. The van der Waals surface area contributed by atoms with Gasteiger partial charge in [-0.05, 0) is 18.1 Å². The Morgan fingerprint density at radius 1 is 1.29 bits per heavy atom. The maximum atomic E-state index is 14.0. The molecule has 2 aromatic heterocycles. The van der Waals surface area contributed by atoms with Crippen molar-refractivity contribution in [2.24, 2.45) is 0 Å². The van der Waals surface area contributed by atoms with E-state index in [4.69, 9.17) is 9.47 Å². The van der Waals surface area contributed by atoms with Gasteiger partial charge in [-0.1, -0.05) is 17.4 Å². The third-order valence-electron chi connectivity index (χ3n) is 5.92. The smallest absolute Gasteiger partial charge is 0.276 e. The van der Waals surface area contributed by atoms with Crippen molar-refractivity contribution in [2.75, 3.05) is 20.3 Å². The van der Waals surface area contributed by atoms with Crippen molar-refractivity contribution in [2.45, 2.75) is 31.7 Å². The molecule has 1 amide bonds. The summed E-state index contributed by atoms with van der Waals surface area (Å²) in [5.74, 6) is -2.57. The van der Waals surface area contributed by atoms with Crippen LogP contribution in [0.4, 0.5) is 8.78 Å². The van der Waals surface area contributed by atoms with Crippen LogP contribution >= 0.6 is 11.3 Å². The zero-order valence-corrected chi connectivity index (χ0v) is 18.8. The molecule has 5 rings (SSSR count). The zero-order valence-electron chi connectivity index (χ0n) is 18.0. The number of methoxy groups -OCH3 is 1. The largest absolute Gasteiger partial charge is 0.503 e. The van der Waals surface area contributed by atoms with Crippen LogP contribution in [0.25, 0.3) is 10.6 Å². The predicted octanol–water partition coefficient (Wildman–Crippen LogP) is 2.16. The molecule has 178 valence electrons. The molecule has 0 saturated carbocycles. The summed E-state index contributed by atoms with van der Waals surface area (Å²) in [4.78, 5) is 27.7. The highest BCUT2D eigenvalue weighted by Gasteiger charge is 2.42. The van der Waals surface area contributed by atoms with E-state index in [1.165, 1.54) is 21.7 Å². The van der Waals surface area contributed by atoms with Gasteiger partial charge in [-0.15, -0.1) is 10.2 Å². The fraction of sp³-hybridized carbons (Fsp3) is 0.364. The maximum absolute atomic E-state index is 14.0. The molecule has 2 aliphatic heterocycles. The second-order valence-electron chi connectivity index (χ2n) is 8.07. The van der Waals surface area contributed by atoms with Crippen LogP contribution in [-0.2, 0) is 22.4 Å². The van der Waals surface area contributed by atoms with Crippen LogP contribution in [-0.4, -0.2) is 63.3 Å². The summed E-state index contributed by atoms with van der Waals surface area (Å²) < 4.78 is 39.6. The Balaban J connectivity index is 1.48. The van der Waals surface area contributed by atoms with Crippen molar-refractivity contribution in [3.05, 3.63) is 62.5 Å². The van der Waals surface area contributed by atoms with Crippen LogP contribution in [0.3, 0.4) is 0 Å². The molecule has 2 aliphatic rings. The molecule has 0 spiro atoms. The highest BCUT2D eigenvalue weighted by atomic mass is 32.1. The van der Waals surface area contributed by atoms with Crippen LogP contribution < -0.4 is 5.43 Å². The molecule has 0 unspecified atom stereocenters. The number of pyridine rings is 1. The summed E-state index contributed by atoms with van der Waals surface area (Å²) in [7, 11) is 1.54.